The Morgan fingerprint density at radius 1 is 1.18 bits per heavy atom. The van der Waals surface area contributed by atoms with E-state index in [1.54, 1.807) is 6.07 Å². The summed E-state index contributed by atoms with van der Waals surface area (Å²) in [5, 5.41) is 0. The molecule has 0 radical (unpaired) electrons. The van der Waals surface area contributed by atoms with Crippen LogP contribution in [0.5, 0.6) is 0 Å². The molecule has 1 unspecified atom stereocenters. The quantitative estimate of drug-likeness (QED) is 0.689. The van der Waals surface area contributed by atoms with E-state index in [4.69, 9.17) is 0 Å². The van der Waals surface area contributed by atoms with Crippen LogP contribution < -0.4 is 0 Å². The first-order chi connectivity index (χ1) is 7.77. The van der Waals surface area contributed by atoms with Gasteiger partial charge in [-0.05, 0) is 6.92 Å². The van der Waals surface area contributed by atoms with Gasteiger partial charge >= 0.3 is 0 Å². The molecular weight excluding hydrogens is 244 g/mol. The van der Waals surface area contributed by atoms with E-state index in [2.05, 4.69) is 0 Å². The van der Waals surface area contributed by atoms with E-state index in [-0.39, 0.29) is 11.1 Å². The van der Waals surface area contributed by atoms with E-state index in [1.807, 2.05) is 0 Å². The van der Waals surface area contributed by atoms with Crippen molar-refractivity contribution >= 4 is 21.7 Å². The standard InChI is InChI=1S/C11H10O5S/c1-11(17(14,15)16)6-9(12)7-4-2-3-5-8(7)10(11)13/h2-5H,6H2,1H3,(H,14,15,16)/p-1. The molecule has 1 aromatic carbocycles. The zero-order valence-corrected chi connectivity index (χ0v) is 9.78. The summed E-state index contributed by atoms with van der Waals surface area (Å²) in [6.45, 7) is 1.01. The summed E-state index contributed by atoms with van der Waals surface area (Å²) in [6.07, 6.45) is -0.589. The number of benzene rings is 1. The van der Waals surface area contributed by atoms with E-state index in [0.717, 1.165) is 6.92 Å². The smallest absolute Gasteiger partial charge is 0.183 e. The molecule has 5 nitrogen and oxygen atoms in total. The molecule has 0 fully saturated rings. The van der Waals surface area contributed by atoms with Gasteiger partial charge in [0.15, 0.2) is 11.6 Å². The Kier molecular flexibility index (Phi) is 2.44. The summed E-state index contributed by atoms with van der Waals surface area (Å²) in [4.78, 5) is 23.7. The highest BCUT2D eigenvalue weighted by Crippen LogP contribution is 2.33. The van der Waals surface area contributed by atoms with Crippen LogP contribution in [0.4, 0.5) is 0 Å². The molecule has 0 heterocycles. The van der Waals surface area contributed by atoms with Crippen LogP contribution in [0, 0.1) is 0 Å². The molecular formula is C11H9O5S-. The first-order valence-electron chi connectivity index (χ1n) is 4.90. The second-order valence-electron chi connectivity index (χ2n) is 4.16. The lowest BCUT2D eigenvalue weighted by Crippen LogP contribution is -2.48. The van der Waals surface area contributed by atoms with Crippen molar-refractivity contribution in [3.8, 4) is 0 Å². The molecule has 0 bridgehead atoms. The number of Topliss-reactive ketones (excluding diaryl/α,β-unsaturated/α-hetero) is 2. The highest BCUT2D eigenvalue weighted by molar-refractivity contribution is 7.88. The average molecular weight is 253 g/mol. The van der Waals surface area contributed by atoms with Crippen molar-refractivity contribution in [2.45, 2.75) is 18.1 Å². The van der Waals surface area contributed by atoms with E-state index < -0.39 is 32.9 Å². The fraction of sp³-hybridized carbons (Fsp3) is 0.273. The third-order valence-corrected chi connectivity index (χ3v) is 4.44. The normalized spacial score (nSPS) is 24.6. The molecule has 2 rings (SSSR count). The van der Waals surface area contributed by atoms with Gasteiger partial charge in [0.05, 0.1) is 0 Å². The molecule has 0 amide bonds. The van der Waals surface area contributed by atoms with Crippen molar-refractivity contribution < 1.29 is 22.6 Å². The lowest BCUT2D eigenvalue weighted by Gasteiger charge is -2.34. The molecule has 0 aromatic heterocycles. The molecule has 1 aliphatic carbocycles. The van der Waals surface area contributed by atoms with Crippen LogP contribution in [0.2, 0.25) is 0 Å². The van der Waals surface area contributed by atoms with Crippen LogP contribution in [0.3, 0.4) is 0 Å². The van der Waals surface area contributed by atoms with Gasteiger partial charge in [-0.2, -0.15) is 0 Å². The number of fused-ring (bicyclic) bond motifs is 1. The lowest BCUT2D eigenvalue weighted by molar-refractivity contribution is 0.0845. The number of ketones is 2. The van der Waals surface area contributed by atoms with Crippen molar-refractivity contribution in [1.82, 2.24) is 0 Å². The minimum Gasteiger partial charge on any atom is -0.747 e. The van der Waals surface area contributed by atoms with Gasteiger partial charge in [0.25, 0.3) is 0 Å². The SMILES string of the molecule is CC1(S(=O)(=O)[O-])CC(=O)c2ccccc2C1=O. The Morgan fingerprint density at radius 2 is 1.71 bits per heavy atom. The summed E-state index contributed by atoms with van der Waals surface area (Å²) < 4.78 is 31.3. The third kappa shape index (κ3) is 1.60. The molecule has 90 valence electrons. The van der Waals surface area contributed by atoms with Gasteiger partial charge in [-0.1, -0.05) is 24.3 Å². The molecule has 0 aliphatic heterocycles. The fourth-order valence-electron chi connectivity index (χ4n) is 1.89. The van der Waals surface area contributed by atoms with Crippen LogP contribution in [0.15, 0.2) is 24.3 Å². The molecule has 1 atom stereocenters. The minimum absolute atomic E-state index is 0.00525. The topological polar surface area (TPSA) is 91.3 Å². The van der Waals surface area contributed by atoms with Crippen molar-refractivity contribution in [1.29, 1.82) is 0 Å². The van der Waals surface area contributed by atoms with Gasteiger partial charge in [0.1, 0.15) is 14.9 Å². The van der Waals surface area contributed by atoms with Crippen LogP contribution in [0.1, 0.15) is 34.1 Å². The molecule has 1 aromatic rings. The fourth-order valence-corrected chi connectivity index (χ4v) is 2.54. The van der Waals surface area contributed by atoms with E-state index in [0.29, 0.717) is 0 Å². The van der Waals surface area contributed by atoms with Gasteiger partial charge in [-0.15, -0.1) is 0 Å². The first-order valence-corrected chi connectivity index (χ1v) is 6.31. The molecule has 0 spiro atoms. The molecule has 0 N–H and O–H groups in total. The number of hydrogen-bond acceptors (Lipinski definition) is 5. The Balaban J connectivity index is 2.70. The number of rotatable bonds is 1. The average Bonchev–Trinajstić information content (AvgIpc) is 2.25. The second-order valence-corrected chi connectivity index (χ2v) is 5.97. The zero-order chi connectivity index (χ0) is 12.8. The summed E-state index contributed by atoms with van der Waals surface area (Å²) in [5.74, 6) is -1.30. The Morgan fingerprint density at radius 3 is 2.24 bits per heavy atom. The number of hydrogen-bond donors (Lipinski definition) is 0. The van der Waals surface area contributed by atoms with Gasteiger partial charge in [-0.3, -0.25) is 9.59 Å². The summed E-state index contributed by atoms with van der Waals surface area (Å²) in [6, 6.07) is 5.91. The summed E-state index contributed by atoms with van der Waals surface area (Å²) >= 11 is 0. The predicted molar refractivity (Wildman–Crippen MR) is 57.8 cm³/mol. The van der Waals surface area contributed by atoms with Crippen LogP contribution in [-0.4, -0.2) is 29.3 Å². The summed E-state index contributed by atoms with van der Waals surface area (Å²) in [7, 11) is -4.87. The second kappa shape index (κ2) is 3.48. The molecule has 0 saturated heterocycles. The van der Waals surface area contributed by atoms with E-state index in [1.165, 1.54) is 18.2 Å². The van der Waals surface area contributed by atoms with Gasteiger partial charge in [0.2, 0.25) is 0 Å². The van der Waals surface area contributed by atoms with E-state index >= 15 is 0 Å². The number of carbonyl (C=O) groups is 2. The predicted octanol–water partition coefficient (Wildman–Crippen LogP) is 0.760. The maximum absolute atomic E-state index is 12.0. The van der Waals surface area contributed by atoms with Crippen molar-refractivity contribution in [3.05, 3.63) is 35.4 Å². The Bertz CT molecular complexity index is 617. The lowest BCUT2D eigenvalue weighted by atomic mass is 9.82. The zero-order valence-electron chi connectivity index (χ0n) is 8.97. The first kappa shape index (κ1) is 11.9. The Hall–Kier alpha value is -1.53. The molecule has 0 saturated carbocycles. The monoisotopic (exact) mass is 253 g/mol. The van der Waals surface area contributed by atoms with E-state index in [9.17, 15) is 22.6 Å². The maximum atomic E-state index is 12.0. The molecule has 1 aliphatic rings. The third-order valence-electron chi connectivity index (χ3n) is 3.00. The van der Waals surface area contributed by atoms with Crippen LogP contribution in [-0.2, 0) is 10.1 Å². The maximum Gasteiger partial charge on any atom is 0.183 e. The highest BCUT2D eigenvalue weighted by atomic mass is 32.2. The number of carbonyl (C=O) groups excluding carboxylic acids is 2. The van der Waals surface area contributed by atoms with Crippen molar-refractivity contribution in [2.75, 3.05) is 0 Å². The largest absolute Gasteiger partial charge is 0.747 e. The van der Waals surface area contributed by atoms with Gasteiger partial charge < -0.3 is 4.55 Å². The Labute approximate surface area is 98.2 Å². The highest BCUT2D eigenvalue weighted by Gasteiger charge is 2.47. The van der Waals surface area contributed by atoms with Crippen LogP contribution in [0.25, 0.3) is 0 Å². The summed E-state index contributed by atoms with van der Waals surface area (Å²) in [5.41, 5.74) is 0.185. The van der Waals surface area contributed by atoms with Gasteiger partial charge in [-0.25, -0.2) is 8.42 Å². The van der Waals surface area contributed by atoms with Crippen molar-refractivity contribution in [3.63, 3.8) is 0 Å². The minimum atomic E-state index is -4.87. The van der Waals surface area contributed by atoms with Crippen molar-refractivity contribution in [2.24, 2.45) is 0 Å². The molecule has 17 heavy (non-hydrogen) atoms. The van der Waals surface area contributed by atoms with Crippen LogP contribution >= 0.6 is 0 Å². The molecule has 6 heteroatoms. The van der Waals surface area contributed by atoms with Gasteiger partial charge in [0, 0.05) is 17.5 Å².